The van der Waals surface area contributed by atoms with Crippen LogP contribution < -0.4 is 10.1 Å². The van der Waals surface area contributed by atoms with Gasteiger partial charge in [-0.05, 0) is 37.0 Å². The van der Waals surface area contributed by atoms with E-state index in [2.05, 4.69) is 5.32 Å². The molecule has 3 nitrogen and oxygen atoms in total. The van der Waals surface area contributed by atoms with Crippen molar-refractivity contribution in [3.05, 3.63) is 28.8 Å². The largest absolute Gasteiger partial charge is 0.489 e. The van der Waals surface area contributed by atoms with Crippen LogP contribution in [0.3, 0.4) is 0 Å². The maximum absolute atomic E-state index is 9.44. The molecule has 0 aliphatic heterocycles. The first kappa shape index (κ1) is 13.7. The zero-order valence-corrected chi connectivity index (χ0v) is 11.4. The number of nitrogens with one attached hydrogen (secondary N) is 1. The zero-order chi connectivity index (χ0) is 13.0. The zero-order valence-electron chi connectivity index (χ0n) is 10.7. The summed E-state index contributed by atoms with van der Waals surface area (Å²) in [5.74, 6) is 0.638. The molecule has 0 bridgehead atoms. The Labute approximate surface area is 113 Å². The third-order valence-corrected chi connectivity index (χ3v) is 3.37. The maximum atomic E-state index is 9.44. The van der Waals surface area contributed by atoms with Gasteiger partial charge in [-0.2, -0.15) is 0 Å². The Bertz CT molecular complexity index is 393. The van der Waals surface area contributed by atoms with Gasteiger partial charge in [0.25, 0.3) is 0 Å². The Morgan fingerprint density at radius 3 is 2.89 bits per heavy atom. The lowest BCUT2D eigenvalue weighted by molar-refractivity contribution is 0.104. The molecule has 100 valence electrons. The standard InChI is InChI=1S/C14H20ClNO2/c1-2-12(17)9-18-14-6-3-10(7-13(14)15)8-16-11-4-5-11/h3,6-7,11-12,16-17H,2,4-5,8-9H2,1H3. The Hall–Kier alpha value is -0.770. The van der Waals surface area contributed by atoms with Crippen molar-refractivity contribution in [3.63, 3.8) is 0 Å². The molecular formula is C14H20ClNO2. The number of aliphatic hydroxyl groups is 1. The number of aliphatic hydroxyl groups excluding tert-OH is 1. The van der Waals surface area contributed by atoms with Crippen molar-refractivity contribution in [2.24, 2.45) is 0 Å². The molecule has 1 atom stereocenters. The summed E-state index contributed by atoms with van der Waals surface area (Å²) in [6.45, 7) is 3.06. The summed E-state index contributed by atoms with van der Waals surface area (Å²) in [6.07, 6.45) is 2.81. The fourth-order valence-corrected chi connectivity index (χ4v) is 1.88. The van der Waals surface area contributed by atoms with Gasteiger partial charge >= 0.3 is 0 Å². The smallest absolute Gasteiger partial charge is 0.138 e. The summed E-state index contributed by atoms with van der Waals surface area (Å²) >= 11 is 6.15. The normalized spacial score (nSPS) is 16.6. The summed E-state index contributed by atoms with van der Waals surface area (Å²) in [6, 6.07) is 6.49. The van der Waals surface area contributed by atoms with E-state index in [1.54, 1.807) is 0 Å². The first-order chi connectivity index (χ1) is 8.69. The molecule has 4 heteroatoms. The minimum atomic E-state index is -0.433. The van der Waals surface area contributed by atoms with E-state index in [-0.39, 0.29) is 6.61 Å². The van der Waals surface area contributed by atoms with Crippen molar-refractivity contribution in [2.75, 3.05) is 6.61 Å². The highest BCUT2D eigenvalue weighted by molar-refractivity contribution is 6.32. The SMILES string of the molecule is CCC(O)COc1ccc(CNC2CC2)cc1Cl. The Balaban J connectivity index is 1.87. The second-order valence-corrected chi connectivity index (χ2v) is 5.20. The predicted molar refractivity (Wildman–Crippen MR) is 73.1 cm³/mol. The third kappa shape index (κ3) is 4.16. The van der Waals surface area contributed by atoms with Crippen molar-refractivity contribution in [1.29, 1.82) is 0 Å². The molecule has 2 N–H and O–H groups in total. The van der Waals surface area contributed by atoms with Gasteiger partial charge in [0.05, 0.1) is 11.1 Å². The molecule has 1 fully saturated rings. The van der Waals surface area contributed by atoms with Crippen LogP contribution in [-0.4, -0.2) is 23.9 Å². The fourth-order valence-electron chi connectivity index (χ4n) is 1.62. The number of hydrogen-bond donors (Lipinski definition) is 2. The van der Waals surface area contributed by atoms with Gasteiger partial charge in [0, 0.05) is 12.6 Å². The van der Waals surface area contributed by atoms with Gasteiger partial charge in [0.15, 0.2) is 0 Å². The first-order valence-electron chi connectivity index (χ1n) is 6.51. The van der Waals surface area contributed by atoms with E-state index in [4.69, 9.17) is 16.3 Å². The second-order valence-electron chi connectivity index (χ2n) is 4.79. The summed E-state index contributed by atoms with van der Waals surface area (Å²) in [5.41, 5.74) is 1.16. The first-order valence-corrected chi connectivity index (χ1v) is 6.89. The maximum Gasteiger partial charge on any atom is 0.138 e. The van der Waals surface area contributed by atoms with Crippen LogP contribution in [0.5, 0.6) is 5.75 Å². The van der Waals surface area contributed by atoms with E-state index in [0.29, 0.717) is 23.2 Å². The van der Waals surface area contributed by atoms with E-state index >= 15 is 0 Å². The van der Waals surface area contributed by atoms with Crippen molar-refractivity contribution in [3.8, 4) is 5.75 Å². The minimum absolute atomic E-state index is 0.288. The lowest BCUT2D eigenvalue weighted by Gasteiger charge is -2.12. The van der Waals surface area contributed by atoms with Crippen LogP contribution in [0.25, 0.3) is 0 Å². The lowest BCUT2D eigenvalue weighted by atomic mass is 10.2. The molecule has 0 aromatic heterocycles. The number of rotatable bonds is 7. The number of halogens is 1. The molecule has 0 spiro atoms. The number of hydrogen-bond acceptors (Lipinski definition) is 3. The molecule has 18 heavy (non-hydrogen) atoms. The molecule has 1 aliphatic carbocycles. The van der Waals surface area contributed by atoms with Crippen molar-refractivity contribution >= 4 is 11.6 Å². The highest BCUT2D eigenvalue weighted by Gasteiger charge is 2.20. The fraction of sp³-hybridized carbons (Fsp3) is 0.571. The summed E-state index contributed by atoms with van der Waals surface area (Å²) < 4.78 is 5.48. The number of benzene rings is 1. The van der Waals surface area contributed by atoms with Gasteiger partial charge in [-0.25, -0.2) is 0 Å². The van der Waals surface area contributed by atoms with Crippen LogP contribution in [0, 0.1) is 0 Å². The molecule has 1 saturated carbocycles. The van der Waals surface area contributed by atoms with Crippen molar-refractivity contribution < 1.29 is 9.84 Å². The topological polar surface area (TPSA) is 41.5 Å². The highest BCUT2D eigenvalue weighted by atomic mass is 35.5. The number of ether oxygens (including phenoxy) is 1. The van der Waals surface area contributed by atoms with Crippen LogP contribution in [0.4, 0.5) is 0 Å². The monoisotopic (exact) mass is 269 g/mol. The summed E-state index contributed by atoms with van der Waals surface area (Å²) in [5, 5.41) is 13.5. The molecule has 1 unspecified atom stereocenters. The van der Waals surface area contributed by atoms with Gasteiger partial charge in [0.2, 0.25) is 0 Å². The van der Waals surface area contributed by atoms with Crippen LogP contribution in [0.1, 0.15) is 31.7 Å². The average molecular weight is 270 g/mol. The molecule has 0 heterocycles. The lowest BCUT2D eigenvalue weighted by Crippen LogP contribution is -2.17. The van der Waals surface area contributed by atoms with Crippen LogP contribution in [0.2, 0.25) is 5.02 Å². The summed E-state index contributed by atoms with van der Waals surface area (Å²) in [4.78, 5) is 0. The molecule has 1 aromatic rings. The molecular weight excluding hydrogens is 250 g/mol. The van der Waals surface area contributed by atoms with Gasteiger partial charge in [0.1, 0.15) is 12.4 Å². The van der Waals surface area contributed by atoms with E-state index in [1.165, 1.54) is 12.8 Å². The van der Waals surface area contributed by atoms with Crippen molar-refractivity contribution in [2.45, 2.75) is 44.9 Å². The third-order valence-electron chi connectivity index (χ3n) is 3.07. The van der Waals surface area contributed by atoms with Gasteiger partial charge in [-0.15, -0.1) is 0 Å². The molecule has 1 aliphatic rings. The Kier molecular flexibility index (Phi) is 4.87. The van der Waals surface area contributed by atoms with E-state index in [1.807, 2.05) is 25.1 Å². The van der Waals surface area contributed by atoms with Gasteiger partial charge < -0.3 is 15.2 Å². The van der Waals surface area contributed by atoms with Crippen LogP contribution in [-0.2, 0) is 6.54 Å². The quantitative estimate of drug-likeness (QED) is 0.800. The van der Waals surface area contributed by atoms with Gasteiger partial charge in [-0.3, -0.25) is 0 Å². The molecule has 1 aromatic carbocycles. The molecule has 0 amide bonds. The Morgan fingerprint density at radius 2 is 2.28 bits per heavy atom. The average Bonchev–Trinajstić information content (AvgIpc) is 3.18. The molecule has 2 rings (SSSR count). The summed E-state index contributed by atoms with van der Waals surface area (Å²) in [7, 11) is 0. The molecule has 0 saturated heterocycles. The van der Waals surface area contributed by atoms with E-state index < -0.39 is 6.10 Å². The van der Waals surface area contributed by atoms with E-state index in [0.717, 1.165) is 12.1 Å². The Morgan fingerprint density at radius 1 is 1.50 bits per heavy atom. The van der Waals surface area contributed by atoms with Gasteiger partial charge in [-0.1, -0.05) is 24.6 Å². The minimum Gasteiger partial charge on any atom is -0.489 e. The molecule has 0 radical (unpaired) electrons. The van der Waals surface area contributed by atoms with Crippen LogP contribution >= 0.6 is 11.6 Å². The van der Waals surface area contributed by atoms with Crippen LogP contribution in [0.15, 0.2) is 18.2 Å². The highest BCUT2D eigenvalue weighted by Crippen LogP contribution is 2.26. The predicted octanol–water partition coefficient (Wildman–Crippen LogP) is 2.74. The van der Waals surface area contributed by atoms with Crippen molar-refractivity contribution in [1.82, 2.24) is 5.32 Å². The van der Waals surface area contributed by atoms with E-state index in [9.17, 15) is 5.11 Å². The second kappa shape index (κ2) is 6.41.